The molecule has 14 heavy (non-hydrogen) atoms. The Kier molecular flexibility index (Phi) is 2.49. The number of rotatable bonds is 2. The minimum Gasteiger partial charge on any atom is -0.395 e. The molecule has 3 nitrogen and oxygen atoms in total. The van der Waals surface area contributed by atoms with Crippen LogP contribution in [0.2, 0.25) is 0 Å². The summed E-state index contributed by atoms with van der Waals surface area (Å²) >= 11 is 0. The average molecular weight is 188 g/mol. The Balaban J connectivity index is 2.20. The van der Waals surface area contributed by atoms with E-state index in [0.29, 0.717) is 0 Å². The van der Waals surface area contributed by atoms with Crippen LogP contribution in [-0.4, -0.2) is 23.8 Å². The van der Waals surface area contributed by atoms with Gasteiger partial charge in [-0.05, 0) is 5.56 Å². The fraction of sp³-hybridized carbons (Fsp3) is 0.364. The van der Waals surface area contributed by atoms with Gasteiger partial charge in [0.25, 0.3) is 0 Å². The Labute approximate surface area is 83.0 Å². The summed E-state index contributed by atoms with van der Waals surface area (Å²) < 4.78 is 0. The van der Waals surface area contributed by atoms with Gasteiger partial charge in [-0.3, -0.25) is 5.32 Å². The van der Waals surface area contributed by atoms with Crippen LogP contribution in [0, 0.1) is 11.3 Å². The van der Waals surface area contributed by atoms with Gasteiger partial charge in [0, 0.05) is 12.0 Å². The molecule has 0 bridgehead atoms. The van der Waals surface area contributed by atoms with E-state index in [9.17, 15) is 0 Å². The number of nitrogens with zero attached hydrogens (tertiary/aromatic N) is 1. The quantitative estimate of drug-likeness (QED) is 0.715. The molecule has 2 N–H and O–H groups in total. The Morgan fingerprint density at radius 3 is 2.64 bits per heavy atom. The van der Waals surface area contributed by atoms with E-state index < -0.39 is 0 Å². The molecular formula is C11H12N2O. The summed E-state index contributed by atoms with van der Waals surface area (Å²) in [6.07, 6.45) is 0. The van der Waals surface area contributed by atoms with E-state index >= 15 is 0 Å². The molecule has 0 spiro atoms. The Morgan fingerprint density at radius 2 is 2.07 bits per heavy atom. The third-order valence-corrected chi connectivity index (χ3v) is 2.71. The first-order valence-corrected chi connectivity index (χ1v) is 4.68. The SMILES string of the molecule is N#C[C@@H]1N[C@@H](CO)[C@@H]1c1ccccc1. The molecule has 1 aliphatic heterocycles. The summed E-state index contributed by atoms with van der Waals surface area (Å²) in [7, 11) is 0. The van der Waals surface area contributed by atoms with Crippen molar-refractivity contribution in [2.75, 3.05) is 6.61 Å². The minimum absolute atomic E-state index is 0.0297. The summed E-state index contributed by atoms with van der Waals surface area (Å²) in [4.78, 5) is 0. The van der Waals surface area contributed by atoms with E-state index in [-0.39, 0.29) is 24.6 Å². The number of aliphatic hydroxyl groups excluding tert-OH is 1. The van der Waals surface area contributed by atoms with Gasteiger partial charge >= 0.3 is 0 Å². The summed E-state index contributed by atoms with van der Waals surface area (Å²) in [6, 6.07) is 11.9. The second-order valence-corrected chi connectivity index (χ2v) is 3.50. The van der Waals surface area contributed by atoms with E-state index in [1.54, 1.807) is 0 Å². The topological polar surface area (TPSA) is 56.0 Å². The van der Waals surface area contributed by atoms with Crippen molar-refractivity contribution in [3.8, 4) is 6.07 Å². The molecule has 3 heteroatoms. The number of hydrogen-bond donors (Lipinski definition) is 2. The van der Waals surface area contributed by atoms with Crippen molar-refractivity contribution in [1.29, 1.82) is 5.26 Å². The van der Waals surface area contributed by atoms with E-state index in [1.807, 2.05) is 30.3 Å². The maximum Gasteiger partial charge on any atom is 0.104 e. The van der Waals surface area contributed by atoms with Crippen LogP contribution in [0.25, 0.3) is 0 Å². The molecule has 1 heterocycles. The molecule has 1 aromatic carbocycles. The molecule has 0 unspecified atom stereocenters. The molecule has 0 aromatic heterocycles. The first kappa shape index (κ1) is 9.20. The van der Waals surface area contributed by atoms with Gasteiger partial charge in [0.2, 0.25) is 0 Å². The Hall–Kier alpha value is -1.37. The summed E-state index contributed by atoms with van der Waals surface area (Å²) in [5.41, 5.74) is 1.12. The molecular weight excluding hydrogens is 176 g/mol. The number of hydrogen-bond acceptors (Lipinski definition) is 3. The Morgan fingerprint density at radius 1 is 1.36 bits per heavy atom. The van der Waals surface area contributed by atoms with Crippen LogP contribution in [0.4, 0.5) is 0 Å². The van der Waals surface area contributed by atoms with Gasteiger partial charge < -0.3 is 5.11 Å². The highest BCUT2D eigenvalue weighted by atomic mass is 16.3. The monoisotopic (exact) mass is 188 g/mol. The van der Waals surface area contributed by atoms with E-state index in [1.165, 1.54) is 0 Å². The molecule has 0 amide bonds. The fourth-order valence-corrected chi connectivity index (χ4v) is 1.94. The lowest BCUT2D eigenvalue weighted by Crippen LogP contribution is -2.60. The zero-order valence-corrected chi connectivity index (χ0v) is 7.72. The standard InChI is InChI=1S/C11H12N2O/c12-6-9-11(10(7-14)13-9)8-4-2-1-3-5-8/h1-5,9-11,13-14H,7H2/t9-,10-,11+/m0/s1. The third kappa shape index (κ3) is 1.39. The molecule has 0 radical (unpaired) electrons. The van der Waals surface area contributed by atoms with Crippen LogP contribution in [0.15, 0.2) is 30.3 Å². The first-order chi connectivity index (χ1) is 6.86. The van der Waals surface area contributed by atoms with Crippen molar-refractivity contribution in [2.45, 2.75) is 18.0 Å². The smallest absolute Gasteiger partial charge is 0.104 e. The minimum atomic E-state index is -0.158. The molecule has 0 aliphatic carbocycles. The van der Waals surface area contributed by atoms with Crippen LogP contribution in [-0.2, 0) is 0 Å². The molecule has 3 atom stereocenters. The van der Waals surface area contributed by atoms with Crippen molar-refractivity contribution >= 4 is 0 Å². The maximum atomic E-state index is 9.06. The second-order valence-electron chi connectivity index (χ2n) is 3.50. The average Bonchev–Trinajstić information content (AvgIpc) is 2.19. The highest BCUT2D eigenvalue weighted by Crippen LogP contribution is 2.31. The van der Waals surface area contributed by atoms with Crippen LogP contribution in [0.1, 0.15) is 11.5 Å². The summed E-state index contributed by atoms with van der Waals surface area (Å²) in [5, 5.41) is 20.9. The predicted octanol–water partition coefficient (Wildman–Crippen LogP) is 0.626. The van der Waals surface area contributed by atoms with Crippen LogP contribution < -0.4 is 5.32 Å². The normalized spacial score (nSPS) is 30.4. The largest absolute Gasteiger partial charge is 0.395 e. The molecule has 1 fully saturated rings. The highest BCUT2D eigenvalue weighted by molar-refractivity contribution is 5.30. The summed E-state index contributed by atoms with van der Waals surface area (Å²) in [5.74, 6) is 0.131. The zero-order chi connectivity index (χ0) is 9.97. The Bertz CT molecular complexity index is 344. The van der Waals surface area contributed by atoms with E-state index in [4.69, 9.17) is 10.4 Å². The second kappa shape index (κ2) is 3.79. The van der Waals surface area contributed by atoms with E-state index in [2.05, 4.69) is 11.4 Å². The molecule has 1 aliphatic rings. The number of nitrogens with one attached hydrogen (secondary N) is 1. The predicted molar refractivity (Wildman–Crippen MR) is 52.6 cm³/mol. The number of benzene rings is 1. The number of nitriles is 1. The highest BCUT2D eigenvalue weighted by Gasteiger charge is 2.40. The van der Waals surface area contributed by atoms with Gasteiger partial charge in [-0.1, -0.05) is 30.3 Å². The lowest BCUT2D eigenvalue weighted by Gasteiger charge is -2.41. The molecule has 0 saturated carbocycles. The molecule has 1 aromatic rings. The maximum absolute atomic E-state index is 9.06. The zero-order valence-electron chi connectivity index (χ0n) is 7.72. The van der Waals surface area contributed by atoms with Crippen molar-refractivity contribution in [3.05, 3.63) is 35.9 Å². The van der Waals surface area contributed by atoms with Gasteiger partial charge in [-0.25, -0.2) is 0 Å². The molecule has 1 saturated heterocycles. The van der Waals surface area contributed by atoms with Gasteiger partial charge in [0.05, 0.1) is 12.7 Å². The van der Waals surface area contributed by atoms with Crippen LogP contribution >= 0.6 is 0 Å². The van der Waals surface area contributed by atoms with E-state index in [0.717, 1.165) is 5.56 Å². The van der Waals surface area contributed by atoms with Crippen LogP contribution in [0.5, 0.6) is 0 Å². The first-order valence-electron chi connectivity index (χ1n) is 4.68. The number of aliphatic hydroxyl groups is 1. The van der Waals surface area contributed by atoms with Crippen molar-refractivity contribution < 1.29 is 5.11 Å². The third-order valence-electron chi connectivity index (χ3n) is 2.71. The van der Waals surface area contributed by atoms with Gasteiger partial charge in [0.1, 0.15) is 6.04 Å². The van der Waals surface area contributed by atoms with Crippen molar-refractivity contribution in [2.24, 2.45) is 0 Å². The van der Waals surface area contributed by atoms with Crippen molar-refractivity contribution in [1.82, 2.24) is 5.32 Å². The molecule has 72 valence electrons. The fourth-order valence-electron chi connectivity index (χ4n) is 1.94. The van der Waals surface area contributed by atoms with Gasteiger partial charge in [0.15, 0.2) is 0 Å². The van der Waals surface area contributed by atoms with Crippen LogP contribution in [0.3, 0.4) is 0 Å². The molecule has 2 rings (SSSR count). The lowest BCUT2D eigenvalue weighted by molar-refractivity contribution is 0.151. The summed E-state index contributed by atoms with van der Waals surface area (Å²) in [6.45, 7) is 0.0811. The lowest BCUT2D eigenvalue weighted by atomic mass is 9.78. The van der Waals surface area contributed by atoms with Crippen molar-refractivity contribution in [3.63, 3.8) is 0 Å². The van der Waals surface area contributed by atoms with Gasteiger partial charge in [-0.15, -0.1) is 0 Å². The van der Waals surface area contributed by atoms with Gasteiger partial charge in [-0.2, -0.15) is 5.26 Å².